The lowest BCUT2D eigenvalue weighted by Crippen LogP contribution is -1.97. The second-order valence-corrected chi connectivity index (χ2v) is 9.98. The molecule has 0 saturated carbocycles. The highest BCUT2D eigenvalue weighted by Gasteiger charge is 2.18. The standard InChI is InChI=1S/C27H37O5P/c1-4-7-9-21-15-19(11-13-28)17-23-24-18-20(12-14-29)16-22(10-8-5-2)27(24)32-33(25(30)6-3)31-26(21)23/h15-18,28-29H,4-14H2,1-3H3. The van der Waals surface area contributed by atoms with Crippen molar-refractivity contribution in [1.29, 1.82) is 0 Å². The minimum atomic E-state index is -1.77. The maximum absolute atomic E-state index is 12.8. The summed E-state index contributed by atoms with van der Waals surface area (Å²) in [5, 5.41) is 21.1. The van der Waals surface area contributed by atoms with E-state index in [2.05, 4.69) is 38.1 Å². The molecule has 0 aliphatic rings. The van der Waals surface area contributed by atoms with Gasteiger partial charge in [0.05, 0.1) is 0 Å². The zero-order chi connectivity index (χ0) is 23.8. The van der Waals surface area contributed by atoms with E-state index in [4.69, 9.17) is 8.39 Å². The predicted octanol–water partition coefficient (Wildman–Crippen LogP) is 7.10. The third-order valence-electron chi connectivity index (χ3n) is 6.00. The molecule has 2 N–H and O–H groups in total. The topological polar surface area (TPSA) is 83.8 Å². The number of aliphatic hydroxyl groups excluding tert-OH is 2. The van der Waals surface area contributed by atoms with Crippen molar-refractivity contribution in [2.75, 3.05) is 13.2 Å². The van der Waals surface area contributed by atoms with E-state index in [-0.39, 0.29) is 18.7 Å². The van der Waals surface area contributed by atoms with E-state index in [0.29, 0.717) is 19.3 Å². The quantitative estimate of drug-likeness (QED) is 0.294. The smallest absolute Gasteiger partial charge is 0.291 e. The Kier molecular flexibility index (Phi) is 9.61. The summed E-state index contributed by atoms with van der Waals surface area (Å²) in [5.74, 6) is 0. The van der Waals surface area contributed by atoms with Crippen molar-refractivity contribution >= 4 is 35.5 Å². The van der Waals surface area contributed by atoms with Gasteiger partial charge in [-0.05, 0) is 72.9 Å². The highest BCUT2D eigenvalue weighted by molar-refractivity contribution is 7.57. The molecule has 2 aromatic carbocycles. The van der Waals surface area contributed by atoms with Crippen LogP contribution in [0, 0.1) is 0 Å². The number of hydrogen-bond acceptors (Lipinski definition) is 5. The molecule has 0 fully saturated rings. The average Bonchev–Trinajstić information content (AvgIpc) is 2.98. The molecular weight excluding hydrogens is 435 g/mol. The van der Waals surface area contributed by atoms with Crippen molar-refractivity contribution in [3.05, 3.63) is 46.5 Å². The van der Waals surface area contributed by atoms with E-state index in [0.717, 1.165) is 82.7 Å². The van der Waals surface area contributed by atoms with Gasteiger partial charge in [0.15, 0.2) is 0 Å². The molecule has 0 saturated heterocycles. The van der Waals surface area contributed by atoms with Gasteiger partial charge in [0.25, 0.3) is 8.01 Å². The van der Waals surface area contributed by atoms with Gasteiger partial charge in [-0.1, -0.05) is 45.7 Å². The lowest BCUT2D eigenvalue weighted by atomic mass is 9.95. The number of benzene rings is 2. The number of unbranched alkanes of at least 4 members (excludes halogenated alkanes) is 2. The largest absolute Gasteiger partial charge is 0.414 e. The van der Waals surface area contributed by atoms with Crippen LogP contribution in [0.2, 0.25) is 0 Å². The molecule has 3 aromatic rings. The summed E-state index contributed by atoms with van der Waals surface area (Å²) in [6.07, 6.45) is 7.29. The first kappa shape index (κ1) is 25.6. The van der Waals surface area contributed by atoms with E-state index < -0.39 is 8.01 Å². The first-order chi connectivity index (χ1) is 16.1. The van der Waals surface area contributed by atoms with Crippen molar-refractivity contribution in [3.63, 3.8) is 0 Å². The van der Waals surface area contributed by atoms with Crippen molar-refractivity contribution in [1.82, 2.24) is 0 Å². The molecule has 0 atom stereocenters. The SMILES string of the molecule is CCCCc1cc(CCO)cc2c1op(C(=O)CC)oc1c(CCCC)cc(CCO)cc12. The molecular formula is C27H37O5P. The van der Waals surface area contributed by atoms with Gasteiger partial charge in [0.2, 0.25) is 5.52 Å². The lowest BCUT2D eigenvalue weighted by Gasteiger charge is -2.10. The van der Waals surface area contributed by atoms with Gasteiger partial charge in [-0.25, -0.2) is 0 Å². The number of hydrogen-bond donors (Lipinski definition) is 2. The maximum Gasteiger partial charge on any atom is 0.291 e. The van der Waals surface area contributed by atoms with Gasteiger partial charge in [-0.3, -0.25) is 4.79 Å². The highest BCUT2D eigenvalue weighted by atomic mass is 31.1. The van der Waals surface area contributed by atoms with Gasteiger partial charge in [0.1, 0.15) is 11.2 Å². The minimum Gasteiger partial charge on any atom is -0.414 e. The molecule has 0 bridgehead atoms. The van der Waals surface area contributed by atoms with E-state index >= 15 is 0 Å². The van der Waals surface area contributed by atoms with Gasteiger partial charge < -0.3 is 18.6 Å². The summed E-state index contributed by atoms with van der Waals surface area (Å²) in [7, 11) is -1.77. The van der Waals surface area contributed by atoms with Crippen LogP contribution < -0.4 is 0 Å². The molecule has 0 amide bonds. The maximum atomic E-state index is 12.8. The summed E-state index contributed by atoms with van der Waals surface area (Å²) >= 11 is 0. The fraction of sp³-hybridized carbons (Fsp3) is 0.519. The molecule has 0 radical (unpaired) electrons. The third kappa shape index (κ3) is 6.09. The second-order valence-electron chi connectivity index (χ2n) is 8.60. The Hall–Kier alpha value is -2.07. The van der Waals surface area contributed by atoms with E-state index in [9.17, 15) is 15.0 Å². The van der Waals surface area contributed by atoms with Crippen LogP contribution in [0.25, 0.3) is 21.9 Å². The Morgan fingerprint density at radius 2 is 1.21 bits per heavy atom. The van der Waals surface area contributed by atoms with Crippen LogP contribution >= 0.6 is 8.01 Å². The Balaban J connectivity index is 2.50. The average molecular weight is 473 g/mol. The second kappa shape index (κ2) is 12.4. The molecule has 5 nitrogen and oxygen atoms in total. The number of fused-ring (bicyclic) bond motifs is 3. The normalized spacial score (nSPS) is 11.4. The van der Waals surface area contributed by atoms with Crippen LogP contribution in [-0.2, 0) is 25.7 Å². The number of carbonyl (C=O) groups is 1. The molecule has 0 aliphatic heterocycles. The molecule has 0 unspecified atom stereocenters. The Morgan fingerprint density at radius 1 is 0.758 bits per heavy atom. The zero-order valence-electron chi connectivity index (χ0n) is 20.2. The van der Waals surface area contributed by atoms with Crippen LogP contribution in [0.1, 0.15) is 79.9 Å². The van der Waals surface area contributed by atoms with E-state index in [1.54, 1.807) is 0 Å². The molecule has 1 heterocycles. The minimum absolute atomic E-state index is 0.0226. The predicted molar refractivity (Wildman–Crippen MR) is 136 cm³/mol. The lowest BCUT2D eigenvalue weighted by molar-refractivity contribution is 0.103. The van der Waals surface area contributed by atoms with E-state index in [1.807, 2.05) is 6.92 Å². The van der Waals surface area contributed by atoms with Crippen LogP contribution in [0.15, 0.2) is 32.7 Å². The molecule has 33 heavy (non-hydrogen) atoms. The first-order valence-corrected chi connectivity index (χ1v) is 13.5. The molecule has 180 valence electrons. The van der Waals surface area contributed by atoms with Gasteiger partial charge in [-0.15, -0.1) is 0 Å². The fourth-order valence-corrected chi connectivity index (χ4v) is 5.46. The number of aryl methyl sites for hydroxylation is 2. The molecule has 1 aromatic heterocycles. The van der Waals surface area contributed by atoms with Crippen molar-refractivity contribution < 1.29 is 23.4 Å². The Morgan fingerprint density at radius 3 is 1.58 bits per heavy atom. The summed E-state index contributed by atoms with van der Waals surface area (Å²) in [6.45, 7) is 6.30. The third-order valence-corrected chi connectivity index (χ3v) is 7.42. The summed E-state index contributed by atoms with van der Waals surface area (Å²) < 4.78 is 12.8. The van der Waals surface area contributed by atoms with Crippen LogP contribution in [0.4, 0.5) is 0 Å². The van der Waals surface area contributed by atoms with Crippen molar-refractivity contribution in [2.45, 2.75) is 78.6 Å². The summed E-state index contributed by atoms with van der Waals surface area (Å²) in [6, 6.07) is 8.36. The zero-order valence-corrected chi connectivity index (χ0v) is 21.0. The Labute approximate surface area is 197 Å². The fourth-order valence-electron chi connectivity index (χ4n) is 4.19. The van der Waals surface area contributed by atoms with Crippen molar-refractivity contribution in [3.8, 4) is 0 Å². The summed E-state index contributed by atoms with van der Waals surface area (Å²) in [4.78, 5) is 12.8. The number of aliphatic hydroxyl groups is 2. The van der Waals surface area contributed by atoms with Crippen molar-refractivity contribution in [2.24, 2.45) is 0 Å². The summed E-state index contributed by atoms with van der Waals surface area (Å²) in [5.41, 5.74) is 5.67. The first-order valence-electron chi connectivity index (χ1n) is 12.3. The van der Waals surface area contributed by atoms with Crippen LogP contribution in [0.3, 0.4) is 0 Å². The van der Waals surface area contributed by atoms with Crippen LogP contribution in [-0.4, -0.2) is 29.0 Å². The van der Waals surface area contributed by atoms with Gasteiger partial charge in [-0.2, -0.15) is 0 Å². The van der Waals surface area contributed by atoms with Crippen LogP contribution in [0.5, 0.6) is 0 Å². The number of rotatable bonds is 12. The van der Waals surface area contributed by atoms with E-state index in [1.165, 1.54) is 0 Å². The molecule has 0 spiro atoms. The highest BCUT2D eigenvalue weighted by Crippen LogP contribution is 2.40. The monoisotopic (exact) mass is 472 g/mol. The number of carbonyl (C=O) groups excluding carboxylic acids is 1. The molecule has 0 aliphatic carbocycles. The van der Waals surface area contributed by atoms with Gasteiger partial charge >= 0.3 is 0 Å². The molecule has 6 heteroatoms. The Bertz CT molecular complexity index is 1050. The molecule has 3 rings (SSSR count). The van der Waals surface area contributed by atoms with Gasteiger partial charge in [0, 0.05) is 30.4 Å².